The normalized spacial score (nSPS) is 15.1. The maximum atomic E-state index is 12.6. The molecule has 13 heteroatoms. The molecule has 1 aliphatic heterocycles. The molecule has 178 valence electrons. The quantitative estimate of drug-likeness (QED) is 0.333. The van der Waals surface area contributed by atoms with Crippen LogP contribution >= 0.6 is 11.3 Å². The van der Waals surface area contributed by atoms with E-state index >= 15 is 0 Å². The lowest BCUT2D eigenvalue weighted by atomic mass is 9.98. The average molecular weight is 498 g/mol. The molecule has 33 heavy (non-hydrogen) atoms. The van der Waals surface area contributed by atoms with Crippen LogP contribution in [0, 0.1) is 23.0 Å². The Morgan fingerprint density at radius 2 is 2.00 bits per heavy atom. The van der Waals surface area contributed by atoms with Crippen molar-refractivity contribution in [3.8, 4) is 5.75 Å². The van der Waals surface area contributed by atoms with Gasteiger partial charge in [-0.1, -0.05) is 6.07 Å². The number of methoxy groups -OCH3 is 1. The first-order chi connectivity index (χ1) is 15.6. The molecule has 0 aliphatic carbocycles. The van der Waals surface area contributed by atoms with Crippen molar-refractivity contribution in [1.82, 2.24) is 4.31 Å². The van der Waals surface area contributed by atoms with E-state index in [0.717, 1.165) is 11.3 Å². The number of nitrogens with one attached hydrogen (secondary N) is 1. The number of nitrogens with zero attached hydrogens (tertiary/aromatic N) is 2. The summed E-state index contributed by atoms with van der Waals surface area (Å²) in [5.74, 6) is -1.70. The molecule has 0 spiro atoms. The van der Waals surface area contributed by atoms with E-state index in [-0.39, 0.29) is 28.7 Å². The summed E-state index contributed by atoms with van der Waals surface area (Å²) in [7, 11) is -2.28. The first-order valence-corrected chi connectivity index (χ1v) is 12.3. The van der Waals surface area contributed by atoms with Crippen molar-refractivity contribution >= 4 is 44.6 Å². The number of amides is 1. The number of carbonyl (C=O) groups is 2. The minimum atomic E-state index is -3.56. The number of esters is 1. The molecule has 0 atom stereocenters. The van der Waals surface area contributed by atoms with Gasteiger partial charge in [0.25, 0.3) is 15.9 Å². The van der Waals surface area contributed by atoms with Crippen LogP contribution in [0.25, 0.3) is 0 Å². The van der Waals surface area contributed by atoms with Gasteiger partial charge in [0, 0.05) is 30.9 Å². The number of carbonyl (C=O) groups excluding carboxylic acids is 2. The number of nitro groups is 1. The van der Waals surface area contributed by atoms with Crippen molar-refractivity contribution in [3.05, 3.63) is 45.3 Å². The smallest absolute Gasteiger partial charge is 0.311 e. The molecule has 0 bridgehead atoms. The maximum absolute atomic E-state index is 12.6. The van der Waals surface area contributed by atoms with Gasteiger partial charge in [0.1, 0.15) is 4.21 Å². The van der Waals surface area contributed by atoms with Gasteiger partial charge < -0.3 is 14.8 Å². The standard InChI is InChI=1S/C20H23N3O8S2/c1-13-10-16(23(26)27)17(30-2)11-15(13)21-18(24)12-31-20(25)14-5-7-22(8-6-14)33(28,29)19-4-3-9-32-19/h3-4,9-11,14H,5-8,12H2,1-2H3,(H,21,24). The molecule has 1 N–H and O–H groups in total. The number of benzene rings is 1. The van der Waals surface area contributed by atoms with Gasteiger partial charge in [0.05, 0.1) is 18.0 Å². The van der Waals surface area contributed by atoms with Crippen molar-refractivity contribution in [1.29, 1.82) is 0 Å². The second kappa shape index (κ2) is 10.3. The summed E-state index contributed by atoms with van der Waals surface area (Å²) >= 11 is 1.14. The number of piperidine rings is 1. The highest BCUT2D eigenvalue weighted by atomic mass is 32.2. The van der Waals surface area contributed by atoms with Gasteiger partial charge in [-0.15, -0.1) is 11.3 Å². The summed E-state index contributed by atoms with van der Waals surface area (Å²) in [6.45, 7) is 1.43. The molecule has 0 radical (unpaired) electrons. The van der Waals surface area contributed by atoms with E-state index in [1.165, 1.54) is 23.5 Å². The van der Waals surface area contributed by atoms with Crippen molar-refractivity contribution in [2.75, 3.05) is 32.1 Å². The molecular formula is C20H23N3O8S2. The lowest BCUT2D eigenvalue weighted by Gasteiger charge is -2.29. The fraction of sp³-hybridized carbons (Fsp3) is 0.400. The molecule has 1 amide bonds. The second-order valence-corrected chi connectivity index (χ2v) is 10.5. The minimum absolute atomic E-state index is 0.0119. The monoisotopic (exact) mass is 497 g/mol. The average Bonchev–Trinajstić information content (AvgIpc) is 3.34. The lowest BCUT2D eigenvalue weighted by Crippen LogP contribution is -2.40. The van der Waals surface area contributed by atoms with Crippen LogP contribution in [0.3, 0.4) is 0 Å². The zero-order valence-electron chi connectivity index (χ0n) is 18.0. The third kappa shape index (κ3) is 5.67. The molecule has 1 saturated heterocycles. The highest BCUT2D eigenvalue weighted by molar-refractivity contribution is 7.91. The molecule has 2 aromatic rings. The zero-order chi connectivity index (χ0) is 24.2. The topological polar surface area (TPSA) is 145 Å². The highest BCUT2D eigenvalue weighted by Crippen LogP contribution is 2.33. The molecule has 3 rings (SSSR count). The first-order valence-electron chi connectivity index (χ1n) is 9.96. The number of aryl methyl sites for hydroxylation is 1. The summed E-state index contributed by atoms with van der Waals surface area (Å²) in [6, 6.07) is 5.82. The SMILES string of the molecule is COc1cc(NC(=O)COC(=O)C2CCN(S(=O)(=O)c3cccs3)CC2)c(C)cc1[N+](=O)[O-]. The lowest BCUT2D eigenvalue weighted by molar-refractivity contribution is -0.385. The molecule has 0 unspecified atom stereocenters. The van der Waals surface area contributed by atoms with Gasteiger partial charge in [0.2, 0.25) is 0 Å². The molecule has 1 aliphatic rings. The third-order valence-electron chi connectivity index (χ3n) is 5.22. The highest BCUT2D eigenvalue weighted by Gasteiger charge is 2.33. The molecule has 11 nitrogen and oxygen atoms in total. The molecule has 2 heterocycles. The Morgan fingerprint density at radius 1 is 1.30 bits per heavy atom. The Balaban J connectivity index is 1.51. The van der Waals surface area contributed by atoms with Gasteiger partial charge in [-0.2, -0.15) is 4.31 Å². The van der Waals surface area contributed by atoms with Crippen molar-refractivity contribution in [2.24, 2.45) is 5.92 Å². The number of sulfonamides is 1. The second-order valence-electron chi connectivity index (χ2n) is 7.36. The van der Waals surface area contributed by atoms with E-state index in [9.17, 15) is 28.1 Å². The zero-order valence-corrected chi connectivity index (χ0v) is 19.6. The summed E-state index contributed by atoms with van der Waals surface area (Å²) in [6.07, 6.45) is 0.591. The van der Waals surface area contributed by atoms with Crippen molar-refractivity contribution in [3.63, 3.8) is 0 Å². The summed E-state index contributed by atoms with van der Waals surface area (Å²) in [5, 5.41) is 15.3. The Bertz CT molecular complexity index is 1140. The molecule has 1 fully saturated rings. The number of nitro benzene ring substituents is 1. The van der Waals surface area contributed by atoms with Crippen LogP contribution in [0.15, 0.2) is 33.9 Å². The van der Waals surface area contributed by atoms with E-state index < -0.39 is 39.3 Å². The van der Waals surface area contributed by atoms with E-state index in [2.05, 4.69) is 5.32 Å². The predicted molar refractivity (Wildman–Crippen MR) is 120 cm³/mol. The maximum Gasteiger partial charge on any atom is 0.311 e. The molecule has 0 saturated carbocycles. The predicted octanol–water partition coefficient (Wildman–Crippen LogP) is 2.56. The Kier molecular flexibility index (Phi) is 7.66. The number of rotatable bonds is 8. The van der Waals surface area contributed by atoms with Crippen molar-refractivity contribution in [2.45, 2.75) is 24.0 Å². The summed E-state index contributed by atoms with van der Waals surface area (Å²) in [4.78, 5) is 35.1. The Hall–Kier alpha value is -3.03. The molecular weight excluding hydrogens is 474 g/mol. The summed E-state index contributed by atoms with van der Waals surface area (Å²) < 4.78 is 36.8. The van der Waals surface area contributed by atoms with Crippen LogP contribution in [0.5, 0.6) is 5.75 Å². The van der Waals surface area contributed by atoms with Gasteiger partial charge >= 0.3 is 11.7 Å². The van der Waals surface area contributed by atoms with Crippen LogP contribution in [0.1, 0.15) is 18.4 Å². The summed E-state index contributed by atoms with van der Waals surface area (Å²) in [5.41, 5.74) is 0.513. The van der Waals surface area contributed by atoms with E-state index in [1.54, 1.807) is 24.4 Å². The molecule has 1 aromatic heterocycles. The van der Waals surface area contributed by atoms with Gasteiger partial charge in [-0.05, 0) is 36.8 Å². The molecule has 1 aromatic carbocycles. The van der Waals surface area contributed by atoms with Crippen LogP contribution in [0.4, 0.5) is 11.4 Å². The van der Waals surface area contributed by atoms with Crippen LogP contribution in [0.2, 0.25) is 0 Å². The number of thiophene rings is 1. The van der Waals surface area contributed by atoms with Crippen molar-refractivity contribution < 1.29 is 32.4 Å². The number of ether oxygens (including phenoxy) is 2. The van der Waals surface area contributed by atoms with E-state index in [0.29, 0.717) is 24.1 Å². The van der Waals surface area contributed by atoms with Crippen LogP contribution < -0.4 is 10.1 Å². The third-order valence-corrected chi connectivity index (χ3v) is 8.49. The van der Waals surface area contributed by atoms with Gasteiger partial charge in [-0.3, -0.25) is 19.7 Å². The van der Waals surface area contributed by atoms with Gasteiger partial charge in [0.15, 0.2) is 12.4 Å². The Morgan fingerprint density at radius 3 is 2.58 bits per heavy atom. The number of hydrogen-bond acceptors (Lipinski definition) is 9. The largest absolute Gasteiger partial charge is 0.490 e. The fourth-order valence-corrected chi connectivity index (χ4v) is 6.04. The first kappa shape index (κ1) is 24.6. The number of hydrogen-bond donors (Lipinski definition) is 1. The minimum Gasteiger partial charge on any atom is -0.490 e. The fourth-order valence-electron chi connectivity index (χ4n) is 3.42. The Labute approximate surface area is 194 Å². The van der Waals surface area contributed by atoms with Crippen LogP contribution in [-0.2, 0) is 24.3 Å². The van der Waals surface area contributed by atoms with Gasteiger partial charge in [-0.25, -0.2) is 8.42 Å². The number of anilines is 1. The van der Waals surface area contributed by atoms with E-state index in [4.69, 9.17) is 9.47 Å². The van der Waals surface area contributed by atoms with E-state index in [1.807, 2.05) is 0 Å². The van der Waals surface area contributed by atoms with Crippen LogP contribution in [-0.4, -0.2) is 56.3 Å².